The van der Waals surface area contributed by atoms with Crippen molar-refractivity contribution in [2.45, 2.75) is 0 Å². The van der Waals surface area contributed by atoms with Crippen molar-refractivity contribution < 1.29 is 9.59 Å². The van der Waals surface area contributed by atoms with E-state index in [1.54, 1.807) is 49.1 Å². The molecule has 8 heteroatoms. The van der Waals surface area contributed by atoms with Crippen LogP contribution in [0.2, 0.25) is 0 Å². The maximum atomic E-state index is 12.8. The number of carbonyl (C=O) groups excluding carboxylic acids is 2. The molecule has 0 bridgehead atoms. The van der Waals surface area contributed by atoms with Crippen molar-refractivity contribution in [2.75, 3.05) is 10.6 Å². The molecule has 2 heterocycles. The van der Waals surface area contributed by atoms with Gasteiger partial charge < -0.3 is 0 Å². The van der Waals surface area contributed by atoms with Crippen LogP contribution in [0.1, 0.15) is 20.7 Å². The molecule has 32 heavy (non-hydrogen) atoms. The van der Waals surface area contributed by atoms with Crippen molar-refractivity contribution in [2.24, 2.45) is 0 Å². The molecule has 158 valence electrons. The van der Waals surface area contributed by atoms with Gasteiger partial charge in [-0.25, -0.2) is 0 Å². The number of pyridine rings is 2. The van der Waals surface area contributed by atoms with E-state index in [-0.39, 0.29) is 38.1 Å². The Bertz CT molecular complexity index is 1120. The van der Waals surface area contributed by atoms with Crippen LogP contribution >= 0.6 is 0 Å². The van der Waals surface area contributed by atoms with Gasteiger partial charge in [-0.2, -0.15) is 0 Å². The average Bonchev–Trinajstić information content (AvgIpc) is 2.84. The third-order valence-electron chi connectivity index (χ3n) is 4.36. The average molecular weight is 552 g/mol. The number of rotatable bonds is 7. The van der Waals surface area contributed by atoms with E-state index in [0.717, 1.165) is 8.92 Å². The fraction of sp³-hybridized carbons (Fsp3) is 0. The van der Waals surface area contributed by atoms with E-state index in [1.807, 2.05) is 48.5 Å². The van der Waals surface area contributed by atoms with Crippen molar-refractivity contribution in [1.82, 2.24) is 9.97 Å². The Hall–Kier alpha value is -3.28. The zero-order chi connectivity index (χ0) is 22.2. The number of nitrogens with one attached hydrogen (secondary N) is 2. The predicted molar refractivity (Wildman–Crippen MR) is 128 cm³/mol. The molecule has 0 aliphatic heterocycles. The molecule has 6 nitrogen and oxygen atoms in total. The van der Waals surface area contributed by atoms with Crippen LogP contribution in [-0.4, -0.2) is 48.0 Å². The fourth-order valence-corrected chi connectivity index (χ4v) is 9.93. The summed E-state index contributed by atoms with van der Waals surface area (Å²) < 4.78 is 2.02. The van der Waals surface area contributed by atoms with Gasteiger partial charge >= 0.3 is 197 Å². The van der Waals surface area contributed by atoms with Crippen LogP contribution in [0.3, 0.4) is 0 Å². The normalized spacial score (nSPS) is 10.4. The summed E-state index contributed by atoms with van der Waals surface area (Å²) in [6.45, 7) is 0. The fourth-order valence-electron chi connectivity index (χ4n) is 2.81. The molecular weight excluding hydrogens is 534 g/mol. The molecule has 0 saturated heterocycles. The van der Waals surface area contributed by atoms with E-state index in [2.05, 4.69) is 20.6 Å². The molecule has 4 aromatic rings. The maximum absolute atomic E-state index is 12.8. The number of aromatic nitrogens is 2. The minimum absolute atomic E-state index is 0.0201. The Morgan fingerprint density at radius 3 is 1.34 bits per heavy atom. The summed E-state index contributed by atoms with van der Waals surface area (Å²) in [5.74, 6) is -0.290. The van der Waals surface area contributed by atoms with Gasteiger partial charge in [0.15, 0.2) is 0 Å². The van der Waals surface area contributed by atoms with Gasteiger partial charge in [-0.3, -0.25) is 0 Å². The first-order valence-electron chi connectivity index (χ1n) is 9.66. The Morgan fingerprint density at radius 1 is 0.562 bits per heavy atom. The Balaban J connectivity index is 1.49. The van der Waals surface area contributed by atoms with E-state index >= 15 is 0 Å². The monoisotopic (exact) mass is 554 g/mol. The molecule has 0 unspecified atom stereocenters. The summed E-state index contributed by atoms with van der Waals surface area (Å²) in [6, 6.07) is 22.3. The van der Waals surface area contributed by atoms with Crippen LogP contribution in [0.25, 0.3) is 0 Å². The molecular formula is C24H18N4O2Se2. The van der Waals surface area contributed by atoms with Gasteiger partial charge in [-0.1, -0.05) is 0 Å². The molecule has 2 aromatic heterocycles. The van der Waals surface area contributed by atoms with Crippen molar-refractivity contribution >= 4 is 58.4 Å². The summed E-state index contributed by atoms with van der Waals surface area (Å²) in [5.41, 5.74) is 2.72. The van der Waals surface area contributed by atoms with E-state index in [0.29, 0.717) is 22.5 Å². The molecule has 2 N–H and O–H groups in total. The van der Waals surface area contributed by atoms with Gasteiger partial charge in [0.05, 0.1) is 0 Å². The van der Waals surface area contributed by atoms with Crippen LogP contribution in [0, 0.1) is 0 Å². The molecule has 0 fully saturated rings. The summed E-state index contributed by atoms with van der Waals surface area (Å²) in [6.07, 6.45) is 6.57. The summed E-state index contributed by atoms with van der Waals surface area (Å²) in [7, 11) is 0. The van der Waals surface area contributed by atoms with Crippen LogP contribution in [0.15, 0.2) is 97.6 Å². The van der Waals surface area contributed by atoms with Crippen molar-refractivity contribution in [1.29, 1.82) is 0 Å². The Kier molecular flexibility index (Phi) is 7.43. The SMILES string of the molecule is O=C(Nc1ccncc1)c1ccccc1[Se][Se]c1ccccc1C(=O)Nc1ccncc1. The van der Waals surface area contributed by atoms with Crippen molar-refractivity contribution in [3.8, 4) is 0 Å². The molecule has 0 aliphatic rings. The van der Waals surface area contributed by atoms with Gasteiger partial charge in [-0.05, 0) is 0 Å². The first-order valence-corrected chi connectivity index (χ1v) is 15.7. The summed E-state index contributed by atoms with van der Waals surface area (Å²) in [4.78, 5) is 33.6. The van der Waals surface area contributed by atoms with E-state index in [1.165, 1.54) is 0 Å². The van der Waals surface area contributed by atoms with Gasteiger partial charge in [0.1, 0.15) is 0 Å². The number of carbonyl (C=O) groups is 2. The van der Waals surface area contributed by atoms with Crippen LogP contribution in [0.5, 0.6) is 0 Å². The topological polar surface area (TPSA) is 84.0 Å². The zero-order valence-corrected chi connectivity index (χ0v) is 20.2. The van der Waals surface area contributed by atoms with Gasteiger partial charge in [-0.15, -0.1) is 0 Å². The Morgan fingerprint density at radius 2 is 0.938 bits per heavy atom. The second kappa shape index (κ2) is 10.8. The van der Waals surface area contributed by atoms with E-state index in [4.69, 9.17) is 0 Å². The van der Waals surface area contributed by atoms with Crippen LogP contribution < -0.4 is 19.6 Å². The molecule has 0 atom stereocenters. The number of amides is 2. The first-order chi connectivity index (χ1) is 15.7. The molecule has 0 aliphatic carbocycles. The third kappa shape index (κ3) is 5.69. The molecule has 4 rings (SSSR count). The van der Waals surface area contributed by atoms with Gasteiger partial charge in [0.2, 0.25) is 0 Å². The van der Waals surface area contributed by atoms with Crippen LogP contribution in [-0.2, 0) is 0 Å². The van der Waals surface area contributed by atoms with E-state index in [9.17, 15) is 9.59 Å². The molecule has 2 amide bonds. The molecule has 0 radical (unpaired) electrons. The van der Waals surface area contributed by atoms with E-state index < -0.39 is 0 Å². The number of nitrogens with zero attached hydrogens (tertiary/aromatic N) is 2. The van der Waals surface area contributed by atoms with Gasteiger partial charge in [0.25, 0.3) is 0 Å². The number of hydrogen-bond donors (Lipinski definition) is 2. The number of hydrogen-bond acceptors (Lipinski definition) is 4. The molecule has 0 spiro atoms. The van der Waals surface area contributed by atoms with Crippen LogP contribution in [0.4, 0.5) is 11.4 Å². The number of anilines is 2. The number of benzene rings is 2. The standard InChI is InChI=1S/C24H18N4O2Se2/c29-23(27-17-9-13-25-14-10-17)19-5-1-3-7-21(19)31-32-22-8-4-2-6-20(22)24(30)28-18-11-15-26-16-12-18/h1-16H,(H,25,27,29)(H,26,28,30). The second-order valence-corrected chi connectivity index (χ2v) is 12.7. The summed E-state index contributed by atoms with van der Waals surface area (Å²) >= 11 is 0.0401. The van der Waals surface area contributed by atoms with Gasteiger partial charge in [0, 0.05) is 0 Å². The quantitative estimate of drug-likeness (QED) is 0.345. The predicted octanol–water partition coefficient (Wildman–Crippen LogP) is 2.26. The van der Waals surface area contributed by atoms with Crippen molar-refractivity contribution in [3.05, 3.63) is 109 Å². The molecule has 0 saturated carbocycles. The second-order valence-electron chi connectivity index (χ2n) is 6.54. The Labute approximate surface area is 196 Å². The minimum atomic E-state index is -0.145. The third-order valence-corrected chi connectivity index (χ3v) is 11.6. The zero-order valence-electron chi connectivity index (χ0n) is 16.8. The molecule has 2 aromatic carbocycles. The first kappa shape index (κ1) is 21.9. The van der Waals surface area contributed by atoms with Crippen molar-refractivity contribution in [3.63, 3.8) is 0 Å². The summed E-state index contributed by atoms with van der Waals surface area (Å²) in [5, 5.41) is 5.84.